The number of carboxylic acid groups (broad SMARTS) is 1. The summed E-state index contributed by atoms with van der Waals surface area (Å²) >= 11 is 0. The molecule has 1 atom stereocenters. The van der Waals surface area contributed by atoms with E-state index in [9.17, 15) is 19.8 Å². The van der Waals surface area contributed by atoms with Crippen LogP contribution in [0.15, 0.2) is 42.5 Å². The van der Waals surface area contributed by atoms with Crippen molar-refractivity contribution in [3.05, 3.63) is 59.2 Å². The molecule has 0 aliphatic carbocycles. The van der Waals surface area contributed by atoms with Gasteiger partial charge in [0.25, 0.3) is 0 Å². The van der Waals surface area contributed by atoms with Crippen molar-refractivity contribution in [1.82, 2.24) is 10.6 Å². The number of nitrogens with one attached hydrogen (secondary N) is 2. The quantitative estimate of drug-likeness (QED) is 0.445. The molecular weight excluding hydrogens is 364 g/mol. The van der Waals surface area contributed by atoms with Crippen LogP contribution in [0.1, 0.15) is 21.5 Å². The van der Waals surface area contributed by atoms with Crippen molar-refractivity contribution in [3.8, 4) is 11.5 Å². The summed E-state index contributed by atoms with van der Waals surface area (Å²) in [5.74, 6) is -0.819. The number of aliphatic hydroxyl groups is 1. The second-order valence-electron chi connectivity index (χ2n) is 6.32. The lowest BCUT2D eigenvalue weighted by atomic mass is 9.99. The number of phenolic OH excluding ortho intramolecular Hbond substituents is 1. The minimum Gasteiger partial charge on any atom is -0.504 e. The van der Waals surface area contributed by atoms with E-state index in [1.165, 1.54) is 19.2 Å². The van der Waals surface area contributed by atoms with Gasteiger partial charge in [0.2, 0.25) is 0 Å². The molecule has 5 N–H and O–H groups in total. The first kappa shape index (κ1) is 21.0. The van der Waals surface area contributed by atoms with Crippen LogP contribution in [-0.2, 0) is 13.0 Å². The van der Waals surface area contributed by atoms with Gasteiger partial charge in [0.15, 0.2) is 11.5 Å². The lowest BCUT2D eigenvalue weighted by Crippen LogP contribution is -2.39. The smallest absolute Gasteiger partial charge is 0.335 e. The fourth-order valence-electron chi connectivity index (χ4n) is 2.64. The molecule has 0 saturated heterocycles. The SMILES string of the molecule is COc1ccc(CC(CO)CNC(=O)NCc2ccc(C(=O)O)cc2)cc1O. The highest BCUT2D eigenvalue weighted by molar-refractivity contribution is 5.87. The lowest BCUT2D eigenvalue weighted by molar-refractivity contribution is 0.0697. The molecule has 0 saturated carbocycles. The third-order valence-electron chi connectivity index (χ3n) is 4.23. The Balaban J connectivity index is 1.79. The average Bonchev–Trinajstić information content (AvgIpc) is 2.69. The topological polar surface area (TPSA) is 128 Å². The Morgan fingerprint density at radius 3 is 2.32 bits per heavy atom. The minimum atomic E-state index is -1.00. The zero-order chi connectivity index (χ0) is 20.5. The van der Waals surface area contributed by atoms with E-state index in [-0.39, 0.29) is 36.9 Å². The molecule has 150 valence electrons. The van der Waals surface area contributed by atoms with Crippen molar-refractivity contribution in [2.75, 3.05) is 20.3 Å². The number of hydrogen-bond donors (Lipinski definition) is 5. The van der Waals surface area contributed by atoms with Crippen LogP contribution in [0.3, 0.4) is 0 Å². The van der Waals surface area contributed by atoms with E-state index in [1.807, 2.05) is 0 Å². The Labute approximate surface area is 162 Å². The predicted molar refractivity (Wildman–Crippen MR) is 103 cm³/mol. The summed E-state index contributed by atoms with van der Waals surface area (Å²) in [7, 11) is 1.47. The second kappa shape index (κ2) is 10.2. The number of methoxy groups -OCH3 is 1. The van der Waals surface area contributed by atoms with Gasteiger partial charge in [0, 0.05) is 25.6 Å². The molecule has 0 spiro atoms. The molecule has 0 radical (unpaired) electrons. The first-order valence-corrected chi connectivity index (χ1v) is 8.73. The molecule has 0 aliphatic rings. The first-order chi connectivity index (χ1) is 13.4. The molecule has 0 fully saturated rings. The van der Waals surface area contributed by atoms with Crippen LogP contribution >= 0.6 is 0 Å². The summed E-state index contributed by atoms with van der Waals surface area (Å²) in [5.41, 5.74) is 1.77. The van der Waals surface area contributed by atoms with Gasteiger partial charge in [-0.15, -0.1) is 0 Å². The number of carbonyl (C=O) groups excluding carboxylic acids is 1. The second-order valence-corrected chi connectivity index (χ2v) is 6.32. The van der Waals surface area contributed by atoms with E-state index >= 15 is 0 Å². The number of rotatable bonds is 9. The highest BCUT2D eigenvalue weighted by Gasteiger charge is 2.12. The monoisotopic (exact) mass is 388 g/mol. The van der Waals surface area contributed by atoms with Crippen LogP contribution in [-0.4, -0.2) is 47.6 Å². The number of aromatic hydroxyl groups is 1. The Morgan fingerprint density at radius 2 is 1.75 bits per heavy atom. The van der Waals surface area contributed by atoms with Gasteiger partial charge in [-0.2, -0.15) is 0 Å². The first-order valence-electron chi connectivity index (χ1n) is 8.73. The van der Waals surface area contributed by atoms with E-state index in [0.29, 0.717) is 12.2 Å². The zero-order valence-electron chi connectivity index (χ0n) is 15.5. The van der Waals surface area contributed by atoms with E-state index in [1.54, 1.807) is 30.3 Å². The fourth-order valence-corrected chi connectivity index (χ4v) is 2.64. The normalized spacial score (nSPS) is 11.5. The van der Waals surface area contributed by atoms with Crippen LogP contribution in [0.5, 0.6) is 11.5 Å². The van der Waals surface area contributed by atoms with Crippen molar-refractivity contribution in [1.29, 1.82) is 0 Å². The average molecular weight is 388 g/mol. The number of benzene rings is 2. The van der Waals surface area contributed by atoms with Crippen LogP contribution in [0.2, 0.25) is 0 Å². The maximum Gasteiger partial charge on any atom is 0.335 e. The van der Waals surface area contributed by atoms with Gasteiger partial charge in [0.05, 0.1) is 12.7 Å². The van der Waals surface area contributed by atoms with Crippen LogP contribution < -0.4 is 15.4 Å². The van der Waals surface area contributed by atoms with Crippen LogP contribution in [0.4, 0.5) is 4.79 Å². The van der Waals surface area contributed by atoms with E-state index < -0.39 is 12.0 Å². The third kappa shape index (κ3) is 6.17. The van der Waals surface area contributed by atoms with E-state index in [4.69, 9.17) is 9.84 Å². The van der Waals surface area contributed by atoms with Gasteiger partial charge >= 0.3 is 12.0 Å². The number of aliphatic hydroxyl groups excluding tert-OH is 1. The standard InChI is InChI=1S/C20H24N2O6/c1-28-18-7-4-14(9-17(18)24)8-15(12-23)11-22-20(27)21-10-13-2-5-16(6-3-13)19(25)26/h2-7,9,15,23-24H,8,10-12H2,1H3,(H,25,26)(H2,21,22,27). The van der Waals surface area contributed by atoms with Gasteiger partial charge in [-0.25, -0.2) is 9.59 Å². The van der Waals surface area contributed by atoms with Gasteiger partial charge in [-0.1, -0.05) is 18.2 Å². The zero-order valence-corrected chi connectivity index (χ0v) is 15.5. The largest absolute Gasteiger partial charge is 0.504 e. The summed E-state index contributed by atoms with van der Waals surface area (Å²) in [5, 5.41) is 33.6. The van der Waals surface area contributed by atoms with Crippen molar-refractivity contribution >= 4 is 12.0 Å². The molecule has 2 aromatic rings. The summed E-state index contributed by atoms with van der Waals surface area (Å²) in [4.78, 5) is 22.8. The highest BCUT2D eigenvalue weighted by atomic mass is 16.5. The maximum absolute atomic E-state index is 11.9. The van der Waals surface area contributed by atoms with Crippen molar-refractivity contribution in [2.45, 2.75) is 13.0 Å². The molecule has 2 rings (SSSR count). The summed E-state index contributed by atoms with van der Waals surface area (Å²) in [6.07, 6.45) is 0.477. The number of amides is 2. The third-order valence-corrected chi connectivity index (χ3v) is 4.23. The Hall–Kier alpha value is -3.26. The van der Waals surface area contributed by atoms with Gasteiger partial charge < -0.3 is 30.7 Å². The Bertz CT molecular complexity index is 807. The summed E-state index contributed by atoms with van der Waals surface area (Å²) in [6, 6.07) is 10.8. The maximum atomic E-state index is 11.9. The molecule has 8 heteroatoms. The minimum absolute atomic E-state index is 0.0244. The van der Waals surface area contributed by atoms with Crippen LogP contribution in [0.25, 0.3) is 0 Å². The number of carboxylic acids is 1. The molecule has 0 heterocycles. The molecule has 28 heavy (non-hydrogen) atoms. The number of carbonyl (C=O) groups is 2. The van der Waals surface area contributed by atoms with Crippen molar-refractivity contribution in [3.63, 3.8) is 0 Å². The molecule has 2 aromatic carbocycles. The van der Waals surface area contributed by atoms with Gasteiger partial charge in [-0.05, 0) is 41.8 Å². The fraction of sp³-hybridized carbons (Fsp3) is 0.300. The molecule has 0 aliphatic heterocycles. The Kier molecular flexibility index (Phi) is 7.65. The highest BCUT2D eigenvalue weighted by Crippen LogP contribution is 2.27. The van der Waals surface area contributed by atoms with Crippen LogP contribution in [0, 0.1) is 5.92 Å². The summed E-state index contributed by atoms with van der Waals surface area (Å²) in [6.45, 7) is 0.388. The number of ether oxygens (including phenoxy) is 1. The molecule has 0 aromatic heterocycles. The lowest BCUT2D eigenvalue weighted by Gasteiger charge is -2.16. The predicted octanol–water partition coefficient (Wildman–Crippen LogP) is 1.75. The molecule has 0 bridgehead atoms. The molecule has 8 nitrogen and oxygen atoms in total. The van der Waals surface area contributed by atoms with Gasteiger partial charge in [-0.3, -0.25) is 0 Å². The molecule has 2 amide bonds. The number of aromatic carboxylic acids is 1. The van der Waals surface area contributed by atoms with Crippen molar-refractivity contribution < 1.29 is 29.6 Å². The number of hydrogen-bond acceptors (Lipinski definition) is 5. The van der Waals surface area contributed by atoms with Crippen molar-refractivity contribution in [2.24, 2.45) is 5.92 Å². The molecule has 1 unspecified atom stereocenters. The number of phenols is 1. The Morgan fingerprint density at radius 1 is 1.07 bits per heavy atom. The van der Waals surface area contributed by atoms with E-state index in [0.717, 1.165) is 11.1 Å². The van der Waals surface area contributed by atoms with Gasteiger partial charge in [0.1, 0.15) is 0 Å². The number of urea groups is 1. The van der Waals surface area contributed by atoms with E-state index in [2.05, 4.69) is 10.6 Å². The summed E-state index contributed by atoms with van der Waals surface area (Å²) < 4.78 is 5.00. The molecular formula is C20H24N2O6.